The van der Waals surface area contributed by atoms with Gasteiger partial charge >= 0.3 is 0 Å². The first-order chi connectivity index (χ1) is 12.5. The number of methoxy groups -OCH3 is 1. The van der Waals surface area contributed by atoms with Crippen LogP contribution in [0.15, 0.2) is 35.1 Å². The van der Waals surface area contributed by atoms with Crippen LogP contribution in [-0.2, 0) is 19.4 Å². The third-order valence-electron chi connectivity index (χ3n) is 4.30. The van der Waals surface area contributed by atoms with Gasteiger partial charge in [0.05, 0.1) is 18.5 Å². The summed E-state index contributed by atoms with van der Waals surface area (Å²) in [6.07, 6.45) is 1.47. The van der Waals surface area contributed by atoms with Crippen LogP contribution in [0.3, 0.4) is 0 Å². The van der Waals surface area contributed by atoms with Crippen molar-refractivity contribution in [2.24, 2.45) is 0 Å². The number of hydrogen-bond donors (Lipinski definition) is 3. The second kappa shape index (κ2) is 7.86. The molecule has 0 saturated heterocycles. The predicted molar refractivity (Wildman–Crippen MR) is 101 cm³/mol. The van der Waals surface area contributed by atoms with Gasteiger partial charge in [-0.05, 0) is 49.9 Å². The highest BCUT2D eigenvalue weighted by molar-refractivity contribution is 5.33. The Labute approximate surface area is 151 Å². The van der Waals surface area contributed by atoms with Gasteiger partial charge in [-0.3, -0.25) is 14.9 Å². The first-order valence-electron chi connectivity index (χ1n) is 8.52. The largest absolute Gasteiger partial charge is 0.497 e. The number of anilines is 1. The predicted octanol–water partition coefficient (Wildman–Crippen LogP) is 2.52. The number of benzene rings is 1. The minimum absolute atomic E-state index is 0.163. The Morgan fingerprint density at radius 1 is 1.19 bits per heavy atom. The number of nitrogens with zero attached hydrogens (tertiary/aromatic N) is 2. The fourth-order valence-electron chi connectivity index (χ4n) is 2.88. The molecular formula is C19H23N5O2. The Balaban J connectivity index is 1.68. The highest BCUT2D eigenvalue weighted by atomic mass is 16.5. The zero-order chi connectivity index (χ0) is 18.5. The van der Waals surface area contributed by atoms with Crippen LogP contribution in [0.4, 0.5) is 5.95 Å². The number of aromatic nitrogens is 4. The highest BCUT2D eigenvalue weighted by Crippen LogP contribution is 2.14. The molecule has 0 amide bonds. The minimum atomic E-state index is -0.163. The fraction of sp³-hybridized carbons (Fsp3) is 0.316. The van der Waals surface area contributed by atoms with Gasteiger partial charge in [0, 0.05) is 18.3 Å². The average Bonchev–Trinajstić information content (AvgIpc) is 2.96. The van der Waals surface area contributed by atoms with E-state index in [1.54, 1.807) is 13.2 Å². The highest BCUT2D eigenvalue weighted by Gasteiger charge is 2.08. The second-order valence-corrected chi connectivity index (χ2v) is 6.20. The molecule has 0 fully saturated rings. The van der Waals surface area contributed by atoms with Gasteiger partial charge in [-0.25, -0.2) is 4.98 Å². The fourth-order valence-corrected chi connectivity index (χ4v) is 2.88. The topological polar surface area (TPSA) is 95.7 Å². The molecular weight excluding hydrogens is 330 g/mol. The smallest absolute Gasteiger partial charge is 0.252 e. The molecule has 0 atom stereocenters. The van der Waals surface area contributed by atoms with Crippen molar-refractivity contribution in [1.82, 2.24) is 20.2 Å². The van der Waals surface area contributed by atoms with Crippen LogP contribution in [0.2, 0.25) is 0 Å². The zero-order valence-electron chi connectivity index (χ0n) is 15.2. The molecule has 0 saturated carbocycles. The molecule has 0 aliphatic heterocycles. The van der Waals surface area contributed by atoms with Crippen LogP contribution in [-0.4, -0.2) is 27.3 Å². The molecule has 0 unspecified atom stereocenters. The SMILES string of the molecule is COc1cccc(CNc2nc(CCc3c(C)n[nH]c3C)cc(=O)[nH]2)c1. The molecule has 136 valence electrons. The van der Waals surface area contributed by atoms with Crippen molar-refractivity contribution in [3.63, 3.8) is 0 Å². The first-order valence-corrected chi connectivity index (χ1v) is 8.52. The molecule has 2 heterocycles. The number of H-pyrrole nitrogens is 2. The number of hydrogen-bond acceptors (Lipinski definition) is 5. The van der Waals surface area contributed by atoms with Gasteiger partial charge < -0.3 is 10.1 Å². The van der Waals surface area contributed by atoms with E-state index in [0.717, 1.165) is 34.8 Å². The number of aryl methyl sites for hydroxylation is 3. The maximum absolute atomic E-state index is 11.9. The molecule has 0 spiro atoms. The van der Waals surface area contributed by atoms with Crippen molar-refractivity contribution in [3.05, 3.63) is 68.9 Å². The van der Waals surface area contributed by atoms with E-state index < -0.39 is 0 Å². The molecule has 0 aliphatic carbocycles. The number of aromatic amines is 2. The van der Waals surface area contributed by atoms with Crippen molar-refractivity contribution >= 4 is 5.95 Å². The maximum atomic E-state index is 11.9. The minimum Gasteiger partial charge on any atom is -0.497 e. The third kappa shape index (κ3) is 4.30. The van der Waals surface area contributed by atoms with Gasteiger partial charge in [-0.2, -0.15) is 5.10 Å². The lowest BCUT2D eigenvalue weighted by molar-refractivity contribution is 0.414. The summed E-state index contributed by atoms with van der Waals surface area (Å²) in [6, 6.07) is 9.30. The lowest BCUT2D eigenvalue weighted by Crippen LogP contribution is -2.14. The molecule has 3 N–H and O–H groups in total. The van der Waals surface area contributed by atoms with E-state index in [1.165, 1.54) is 5.56 Å². The Bertz CT molecular complexity index is 926. The van der Waals surface area contributed by atoms with Crippen LogP contribution < -0.4 is 15.6 Å². The summed E-state index contributed by atoms with van der Waals surface area (Å²) in [4.78, 5) is 19.2. The lowest BCUT2D eigenvalue weighted by Gasteiger charge is -2.08. The summed E-state index contributed by atoms with van der Waals surface area (Å²) >= 11 is 0. The molecule has 0 aliphatic rings. The van der Waals surface area contributed by atoms with E-state index in [4.69, 9.17) is 4.74 Å². The third-order valence-corrected chi connectivity index (χ3v) is 4.30. The standard InChI is InChI=1S/C19H23N5O2/c1-12-17(13(2)24-23-12)8-7-15-10-18(25)22-19(21-15)20-11-14-5-4-6-16(9-14)26-3/h4-6,9-10H,7-8,11H2,1-3H3,(H,23,24)(H2,20,21,22,25). The van der Waals surface area contributed by atoms with Crippen LogP contribution in [0.5, 0.6) is 5.75 Å². The quantitative estimate of drug-likeness (QED) is 0.606. The van der Waals surface area contributed by atoms with Crippen LogP contribution in [0, 0.1) is 13.8 Å². The van der Waals surface area contributed by atoms with Gasteiger partial charge in [-0.1, -0.05) is 12.1 Å². The summed E-state index contributed by atoms with van der Waals surface area (Å²) in [5, 5.41) is 10.4. The van der Waals surface area contributed by atoms with Crippen LogP contribution in [0.25, 0.3) is 0 Å². The van der Waals surface area contributed by atoms with E-state index in [1.807, 2.05) is 38.1 Å². The molecule has 7 heteroatoms. The summed E-state index contributed by atoms with van der Waals surface area (Å²) in [5.41, 5.74) is 4.86. The number of ether oxygens (including phenoxy) is 1. The normalized spacial score (nSPS) is 10.7. The molecule has 3 rings (SSSR count). The Morgan fingerprint density at radius 3 is 2.77 bits per heavy atom. The Hall–Kier alpha value is -3.09. The Morgan fingerprint density at radius 2 is 2.04 bits per heavy atom. The van der Waals surface area contributed by atoms with Gasteiger partial charge in [0.2, 0.25) is 5.95 Å². The monoisotopic (exact) mass is 353 g/mol. The van der Waals surface area contributed by atoms with E-state index in [0.29, 0.717) is 18.9 Å². The number of nitrogens with one attached hydrogen (secondary N) is 3. The van der Waals surface area contributed by atoms with E-state index in [-0.39, 0.29) is 5.56 Å². The maximum Gasteiger partial charge on any atom is 0.252 e. The summed E-state index contributed by atoms with van der Waals surface area (Å²) in [5.74, 6) is 1.27. The van der Waals surface area contributed by atoms with Gasteiger partial charge in [0.25, 0.3) is 5.56 Å². The summed E-state index contributed by atoms with van der Waals surface area (Å²) in [6.45, 7) is 4.52. The molecule has 1 aromatic carbocycles. The molecule has 0 bridgehead atoms. The van der Waals surface area contributed by atoms with Gasteiger partial charge in [0.15, 0.2) is 0 Å². The van der Waals surface area contributed by atoms with Crippen molar-refractivity contribution in [3.8, 4) is 5.75 Å². The molecule has 0 radical (unpaired) electrons. The molecule has 7 nitrogen and oxygen atoms in total. The number of rotatable bonds is 7. The van der Waals surface area contributed by atoms with Crippen LogP contribution >= 0.6 is 0 Å². The summed E-state index contributed by atoms with van der Waals surface area (Å²) < 4.78 is 5.22. The Kier molecular flexibility index (Phi) is 5.36. The van der Waals surface area contributed by atoms with Gasteiger partial charge in [0.1, 0.15) is 5.75 Å². The lowest BCUT2D eigenvalue weighted by atomic mass is 10.1. The van der Waals surface area contributed by atoms with Crippen LogP contribution in [0.1, 0.15) is 28.2 Å². The molecule has 3 aromatic rings. The van der Waals surface area contributed by atoms with Crippen molar-refractivity contribution in [2.75, 3.05) is 12.4 Å². The zero-order valence-corrected chi connectivity index (χ0v) is 15.2. The van der Waals surface area contributed by atoms with Gasteiger partial charge in [-0.15, -0.1) is 0 Å². The first kappa shape index (κ1) is 17.7. The summed E-state index contributed by atoms with van der Waals surface area (Å²) in [7, 11) is 1.64. The van der Waals surface area contributed by atoms with Crippen molar-refractivity contribution in [2.45, 2.75) is 33.2 Å². The van der Waals surface area contributed by atoms with E-state index in [2.05, 4.69) is 25.5 Å². The molecule has 2 aromatic heterocycles. The average molecular weight is 353 g/mol. The van der Waals surface area contributed by atoms with E-state index in [9.17, 15) is 4.79 Å². The second-order valence-electron chi connectivity index (χ2n) is 6.20. The van der Waals surface area contributed by atoms with E-state index >= 15 is 0 Å². The van der Waals surface area contributed by atoms with Crippen molar-refractivity contribution in [1.29, 1.82) is 0 Å². The molecule has 26 heavy (non-hydrogen) atoms. The van der Waals surface area contributed by atoms with Crippen molar-refractivity contribution < 1.29 is 4.74 Å².